The highest BCUT2D eigenvalue weighted by atomic mass is 28.3. The number of rotatable bonds is 6. The molecule has 8 aromatic rings. The molecule has 0 N–H and O–H groups in total. The van der Waals surface area contributed by atoms with E-state index in [1.54, 1.807) is 0 Å². The molecule has 11 rings (SSSR count). The fourth-order valence-electron chi connectivity index (χ4n) is 11.4. The van der Waals surface area contributed by atoms with Gasteiger partial charge < -0.3 is 9.47 Å². The molecule has 1 unspecified atom stereocenters. The Morgan fingerprint density at radius 2 is 1.31 bits per heavy atom. The molecule has 1 atom stereocenters. The number of nitrogens with zero attached hydrogens (tertiary/aromatic N) is 2. The van der Waals surface area contributed by atoms with Crippen LogP contribution in [0.3, 0.4) is 0 Å². The van der Waals surface area contributed by atoms with E-state index in [0.29, 0.717) is 0 Å². The van der Waals surface area contributed by atoms with E-state index < -0.39 is 8.07 Å². The van der Waals surface area contributed by atoms with Crippen molar-refractivity contribution in [1.82, 2.24) is 4.57 Å². The van der Waals surface area contributed by atoms with Crippen LogP contribution in [0.5, 0.6) is 0 Å². The number of benzene rings is 7. The highest BCUT2D eigenvalue weighted by molar-refractivity contribution is 6.90. The molecule has 62 heavy (non-hydrogen) atoms. The smallest absolute Gasteiger partial charge is 0.0784 e. The van der Waals surface area contributed by atoms with Gasteiger partial charge in [-0.05, 0) is 109 Å². The summed E-state index contributed by atoms with van der Waals surface area (Å²) in [5.41, 5.74) is 17.0. The Morgan fingerprint density at radius 3 is 2.03 bits per heavy atom. The second-order valence-corrected chi connectivity index (χ2v) is 25.1. The van der Waals surface area contributed by atoms with E-state index >= 15 is 0 Å². The summed E-state index contributed by atoms with van der Waals surface area (Å²) in [5.74, 6) is 0. The molecule has 0 amide bonds. The highest BCUT2D eigenvalue weighted by Crippen LogP contribution is 2.58. The van der Waals surface area contributed by atoms with Gasteiger partial charge in [-0.3, -0.25) is 0 Å². The predicted octanol–water partition coefficient (Wildman–Crippen LogP) is 15.8. The van der Waals surface area contributed by atoms with Crippen LogP contribution in [0.25, 0.3) is 60.1 Å². The van der Waals surface area contributed by atoms with Crippen molar-refractivity contribution in [2.75, 3.05) is 4.90 Å². The minimum absolute atomic E-state index is 0.208. The second-order valence-electron chi connectivity index (χ2n) is 20.1. The molecule has 3 aliphatic rings. The van der Waals surface area contributed by atoms with Crippen LogP contribution in [0.15, 0.2) is 175 Å². The van der Waals surface area contributed by atoms with E-state index in [0.717, 1.165) is 19.3 Å². The van der Waals surface area contributed by atoms with Crippen LogP contribution in [-0.2, 0) is 11.0 Å². The standard InChI is InChI=1S/C59H56N2Si/c1-38-25-28-41(29-26-38)60(52-31-32-55(62(6,7)8)45-21-14-12-19-43(45)52)54-36-50-56(46-22-15-13-20-44(46)54)48-33-34-59(5,37-51(48)58(50,3)4)61-53-30-27-39(2)35-49(53)47-24-16-23-42(57(47)61)40-17-10-9-11-18-40/h9-25,27-28,30-36H,26,29,37H2,1-8H3. The van der Waals surface area contributed by atoms with Gasteiger partial charge in [0.25, 0.3) is 0 Å². The molecule has 3 heteroatoms. The molecule has 2 nitrogen and oxygen atoms in total. The first-order valence-corrected chi connectivity index (χ1v) is 26.1. The molecule has 0 spiro atoms. The van der Waals surface area contributed by atoms with Crippen molar-refractivity contribution in [2.45, 2.75) is 84.5 Å². The summed E-state index contributed by atoms with van der Waals surface area (Å²) in [7, 11) is -1.62. The lowest BCUT2D eigenvalue weighted by molar-refractivity contribution is 0.404. The predicted molar refractivity (Wildman–Crippen MR) is 271 cm³/mol. The first kappa shape index (κ1) is 38.7. The molecular weight excluding hydrogens is 765 g/mol. The van der Waals surface area contributed by atoms with Gasteiger partial charge in [0, 0.05) is 43.7 Å². The highest BCUT2D eigenvalue weighted by Gasteiger charge is 2.45. The Morgan fingerprint density at radius 1 is 0.613 bits per heavy atom. The number of allylic oxidation sites excluding steroid dienone is 8. The largest absolute Gasteiger partial charge is 0.330 e. The lowest BCUT2D eigenvalue weighted by atomic mass is 9.74. The molecular formula is C59H56N2Si. The van der Waals surface area contributed by atoms with E-state index in [1.165, 1.54) is 110 Å². The van der Waals surface area contributed by atoms with Gasteiger partial charge >= 0.3 is 0 Å². The Balaban J connectivity index is 1.12. The molecule has 1 aromatic heterocycles. The van der Waals surface area contributed by atoms with Gasteiger partial charge in [-0.25, -0.2) is 0 Å². The Kier molecular flexibility index (Phi) is 8.70. The van der Waals surface area contributed by atoms with Crippen LogP contribution < -0.4 is 10.1 Å². The van der Waals surface area contributed by atoms with Crippen molar-refractivity contribution in [1.29, 1.82) is 0 Å². The Bertz CT molecular complexity index is 3310. The van der Waals surface area contributed by atoms with Crippen molar-refractivity contribution in [2.24, 2.45) is 0 Å². The van der Waals surface area contributed by atoms with Crippen molar-refractivity contribution in [3.63, 3.8) is 0 Å². The second kappa shape index (κ2) is 13.9. The summed E-state index contributed by atoms with van der Waals surface area (Å²) in [4.78, 5) is 2.64. The first-order valence-electron chi connectivity index (χ1n) is 22.6. The lowest BCUT2D eigenvalue weighted by Crippen LogP contribution is -2.38. The first-order chi connectivity index (χ1) is 29.8. The summed E-state index contributed by atoms with van der Waals surface area (Å²) in [6.45, 7) is 19.3. The number of hydrogen-bond acceptors (Lipinski definition) is 1. The number of aromatic nitrogens is 1. The summed E-state index contributed by atoms with van der Waals surface area (Å²) >= 11 is 0. The number of para-hydroxylation sites is 1. The molecule has 0 saturated carbocycles. The van der Waals surface area contributed by atoms with Gasteiger partial charge in [-0.15, -0.1) is 0 Å². The van der Waals surface area contributed by atoms with Crippen LogP contribution in [0.1, 0.15) is 63.6 Å². The van der Waals surface area contributed by atoms with Crippen LogP contribution in [0.2, 0.25) is 19.6 Å². The van der Waals surface area contributed by atoms with E-state index in [2.05, 4.69) is 221 Å². The number of hydrogen-bond donors (Lipinski definition) is 0. The van der Waals surface area contributed by atoms with Crippen LogP contribution in [0, 0.1) is 6.92 Å². The minimum atomic E-state index is -1.62. The fourth-order valence-corrected chi connectivity index (χ4v) is 13.0. The third-order valence-electron chi connectivity index (χ3n) is 14.5. The topological polar surface area (TPSA) is 8.17 Å². The van der Waals surface area contributed by atoms with Crippen molar-refractivity contribution in [3.8, 4) is 11.1 Å². The zero-order chi connectivity index (χ0) is 42.7. The maximum atomic E-state index is 2.68. The van der Waals surface area contributed by atoms with Crippen molar-refractivity contribution < 1.29 is 0 Å². The van der Waals surface area contributed by atoms with Gasteiger partial charge in [-0.1, -0.05) is 177 Å². The van der Waals surface area contributed by atoms with Gasteiger partial charge in [0.05, 0.1) is 30.5 Å². The lowest BCUT2D eigenvalue weighted by Gasteiger charge is -2.38. The van der Waals surface area contributed by atoms with Gasteiger partial charge in [-0.2, -0.15) is 0 Å². The van der Waals surface area contributed by atoms with Gasteiger partial charge in [0.2, 0.25) is 0 Å². The SMILES string of the molecule is CC1=CC=C(N(c2ccc([Si](C)(C)C)c3ccccc23)c2cc3c(c4ccccc24)C2=C(CC(C)(n4c5ccc(C)cc5c5cccc(-c6ccccc6)c54)C=C2)C3(C)C)CC1. The van der Waals surface area contributed by atoms with E-state index in [1.807, 2.05) is 0 Å². The average Bonchev–Trinajstić information content (AvgIpc) is 3.72. The molecule has 0 saturated heterocycles. The third-order valence-corrected chi connectivity index (χ3v) is 16.6. The summed E-state index contributed by atoms with van der Waals surface area (Å²) in [5, 5.41) is 9.51. The molecule has 0 fully saturated rings. The molecule has 7 aromatic carbocycles. The van der Waals surface area contributed by atoms with E-state index in [9.17, 15) is 0 Å². The van der Waals surface area contributed by atoms with Crippen LogP contribution in [-0.4, -0.2) is 12.6 Å². The molecule has 0 radical (unpaired) electrons. The molecule has 3 aliphatic carbocycles. The Hall–Kier alpha value is -6.16. The molecule has 0 bridgehead atoms. The molecule has 1 heterocycles. The van der Waals surface area contributed by atoms with E-state index in [4.69, 9.17) is 0 Å². The maximum Gasteiger partial charge on any atom is 0.0784 e. The zero-order valence-corrected chi connectivity index (χ0v) is 38.5. The van der Waals surface area contributed by atoms with Crippen LogP contribution in [0.4, 0.5) is 11.4 Å². The maximum absolute atomic E-state index is 2.68. The van der Waals surface area contributed by atoms with Gasteiger partial charge in [0.15, 0.2) is 0 Å². The summed E-state index contributed by atoms with van der Waals surface area (Å²) in [6.07, 6.45) is 12.7. The number of fused-ring (bicyclic) bond motifs is 8. The number of anilines is 2. The number of aryl methyl sites for hydroxylation is 1. The third kappa shape index (κ3) is 5.81. The van der Waals surface area contributed by atoms with Gasteiger partial charge in [0.1, 0.15) is 0 Å². The van der Waals surface area contributed by atoms with E-state index in [-0.39, 0.29) is 11.0 Å². The summed E-state index contributed by atoms with van der Waals surface area (Å²) in [6, 6.07) is 50.8. The van der Waals surface area contributed by atoms with Crippen molar-refractivity contribution >= 4 is 73.6 Å². The quantitative estimate of drug-likeness (QED) is 0.152. The fraction of sp³-hybridized carbons (Fsp3) is 0.220. The normalized spacial score (nSPS) is 18.4. The Labute approximate surface area is 368 Å². The minimum Gasteiger partial charge on any atom is -0.330 e. The zero-order valence-electron chi connectivity index (χ0n) is 37.5. The summed E-state index contributed by atoms with van der Waals surface area (Å²) < 4.78 is 2.68. The average molecular weight is 821 g/mol. The monoisotopic (exact) mass is 820 g/mol. The molecule has 306 valence electrons. The van der Waals surface area contributed by atoms with Crippen LogP contribution >= 0.6 is 0 Å². The molecule has 0 aliphatic heterocycles. The van der Waals surface area contributed by atoms with Crippen molar-refractivity contribution in [3.05, 3.63) is 191 Å².